The number of sulfonamides is 1. The van der Waals surface area contributed by atoms with Gasteiger partial charge >= 0.3 is 5.97 Å². The molecule has 0 radical (unpaired) electrons. The van der Waals surface area contributed by atoms with Gasteiger partial charge in [0.25, 0.3) is 0 Å². The van der Waals surface area contributed by atoms with E-state index in [9.17, 15) is 13.2 Å². The third-order valence-corrected chi connectivity index (χ3v) is 3.22. The molecule has 0 aromatic rings. The Morgan fingerprint density at radius 2 is 2.06 bits per heavy atom. The van der Waals surface area contributed by atoms with Crippen molar-refractivity contribution in [3.8, 4) is 0 Å². The summed E-state index contributed by atoms with van der Waals surface area (Å²) in [5.74, 6) is -0.768. The van der Waals surface area contributed by atoms with E-state index in [0.29, 0.717) is 0 Å². The highest BCUT2D eigenvalue weighted by molar-refractivity contribution is 7.89. The van der Waals surface area contributed by atoms with Gasteiger partial charge in [0.1, 0.15) is 0 Å². The Balaban J connectivity index is 3.92. The van der Waals surface area contributed by atoms with Gasteiger partial charge in [0.15, 0.2) is 0 Å². The summed E-state index contributed by atoms with van der Waals surface area (Å²) in [7, 11) is -1.93. The molecule has 7 heteroatoms. The van der Waals surface area contributed by atoms with E-state index >= 15 is 0 Å². The molecule has 6 nitrogen and oxygen atoms in total. The quantitative estimate of drug-likeness (QED) is 0.611. The number of rotatable bonds is 8. The van der Waals surface area contributed by atoms with Gasteiger partial charge < -0.3 is 9.47 Å². The van der Waals surface area contributed by atoms with Gasteiger partial charge in [-0.1, -0.05) is 0 Å². The number of hydrogen-bond acceptors (Lipinski definition) is 5. The molecule has 0 aliphatic carbocycles. The molecule has 1 atom stereocenters. The first kappa shape index (κ1) is 15.3. The van der Waals surface area contributed by atoms with Gasteiger partial charge in [-0.15, -0.1) is 0 Å². The highest BCUT2D eigenvalue weighted by Crippen LogP contribution is 1.94. The number of carbonyl (C=O) groups is 1. The molecule has 0 aromatic heterocycles. The van der Waals surface area contributed by atoms with E-state index in [4.69, 9.17) is 4.74 Å². The van der Waals surface area contributed by atoms with Crippen molar-refractivity contribution < 1.29 is 22.7 Å². The van der Waals surface area contributed by atoms with Crippen molar-refractivity contribution >= 4 is 16.0 Å². The van der Waals surface area contributed by atoms with Crippen molar-refractivity contribution in [3.63, 3.8) is 0 Å². The lowest BCUT2D eigenvalue weighted by Gasteiger charge is -2.10. The maximum atomic E-state index is 11.4. The third-order valence-electron chi connectivity index (χ3n) is 1.87. The fraction of sp³-hybridized carbons (Fsp3) is 0.889. The van der Waals surface area contributed by atoms with E-state index in [2.05, 4.69) is 9.46 Å². The summed E-state index contributed by atoms with van der Waals surface area (Å²) < 4.78 is 34.6. The lowest BCUT2D eigenvalue weighted by atomic mass is 10.4. The Morgan fingerprint density at radius 1 is 1.44 bits per heavy atom. The van der Waals surface area contributed by atoms with Gasteiger partial charge in [-0.2, -0.15) is 0 Å². The van der Waals surface area contributed by atoms with Gasteiger partial charge in [0.05, 0.1) is 24.9 Å². The maximum absolute atomic E-state index is 11.4. The number of ether oxygens (including phenoxy) is 2. The van der Waals surface area contributed by atoms with E-state index in [0.717, 1.165) is 0 Å². The van der Waals surface area contributed by atoms with Crippen LogP contribution < -0.4 is 4.72 Å². The second-order valence-corrected chi connectivity index (χ2v) is 5.20. The van der Waals surface area contributed by atoms with E-state index < -0.39 is 16.0 Å². The first-order valence-corrected chi connectivity index (χ1v) is 6.72. The average Bonchev–Trinajstić information content (AvgIpc) is 2.24. The average molecular weight is 253 g/mol. The molecule has 0 fully saturated rings. The summed E-state index contributed by atoms with van der Waals surface area (Å²) in [6, 6.07) is 0. The first-order chi connectivity index (χ1) is 7.41. The molecule has 0 bridgehead atoms. The van der Waals surface area contributed by atoms with Crippen molar-refractivity contribution in [2.45, 2.75) is 26.4 Å². The molecule has 1 unspecified atom stereocenters. The smallest absolute Gasteiger partial charge is 0.306 e. The Hall–Kier alpha value is -0.660. The summed E-state index contributed by atoms with van der Waals surface area (Å²) >= 11 is 0. The number of methoxy groups -OCH3 is 1. The first-order valence-electron chi connectivity index (χ1n) is 5.07. The van der Waals surface area contributed by atoms with Crippen molar-refractivity contribution in [2.24, 2.45) is 0 Å². The van der Waals surface area contributed by atoms with Gasteiger partial charge in [0, 0.05) is 13.7 Å². The molecule has 0 rings (SSSR count). The molecule has 0 spiro atoms. The summed E-state index contributed by atoms with van der Waals surface area (Å²) in [6.45, 7) is 3.87. The van der Waals surface area contributed by atoms with Crippen LogP contribution in [-0.2, 0) is 24.3 Å². The molecule has 0 heterocycles. The highest BCUT2D eigenvalue weighted by Gasteiger charge is 2.14. The van der Waals surface area contributed by atoms with E-state index in [-0.39, 0.29) is 31.4 Å². The molecule has 1 N–H and O–H groups in total. The minimum absolute atomic E-state index is 0.134. The number of esters is 1. The van der Waals surface area contributed by atoms with Gasteiger partial charge in [-0.3, -0.25) is 4.79 Å². The zero-order valence-electron chi connectivity index (χ0n) is 9.86. The lowest BCUT2D eigenvalue weighted by Crippen LogP contribution is -2.34. The molecule has 0 saturated carbocycles. The molecule has 0 aliphatic heterocycles. The maximum Gasteiger partial charge on any atom is 0.306 e. The van der Waals surface area contributed by atoms with Gasteiger partial charge in [-0.25, -0.2) is 13.1 Å². The van der Waals surface area contributed by atoms with Crippen molar-refractivity contribution in [2.75, 3.05) is 26.0 Å². The standard InChI is InChI=1S/C9H19NO5S/c1-4-15-9(11)5-6-16(12,13)10-7-8(2)14-3/h8,10H,4-7H2,1-3H3. The van der Waals surface area contributed by atoms with Gasteiger partial charge in [0.2, 0.25) is 10.0 Å². The number of hydrogen-bond donors (Lipinski definition) is 1. The Bertz CT molecular complexity index is 301. The molecule has 16 heavy (non-hydrogen) atoms. The van der Waals surface area contributed by atoms with E-state index in [1.54, 1.807) is 13.8 Å². The fourth-order valence-corrected chi connectivity index (χ4v) is 1.92. The Morgan fingerprint density at radius 3 is 2.56 bits per heavy atom. The molecule has 0 aliphatic rings. The fourth-order valence-electron chi connectivity index (χ4n) is 0.851. The van der Waals surface area contributed by atoms with Crippen LogP contribution in [0.15, 0.2) is 0 Å². The summed E-state index contributed by atoms with van der Waals surface area (Å²) in [6.07, 6.45) is -0.331. The number of carbonyl (C=O) groups excluding carboxylic acids is 1. The van der Waals surface area contributed by atoms with Crippen LogP contribution in [0, 0.1) is 0 Å². The SMILES string of the molecule is CCOC(=O)CCS(=O)(=O)NCC(C)OC. The molecule has 0 amide bonds. The van der Waals surface area contributed by atoms with Crippen LogP contribution in [-0.4, -0.2) is 46.5 Å². The normalized spacial score (nSPS) is 13.4. The van der Waals surface area contributed by atoms with Crippen LogP contribution in [0.2, 0.25) is 0 Å². The molecule has 0 saturated heterocycles. The predicted molar refractivity (Wildman–Crippen MR) is 59.5 cm³/mol. The lowest BCUT2D eigenvalue weighted by molar-refractivity contribution is -0.142. The van der Waals surface area contributed by atoms with E-state index in [1.807, 2.05) is 0 Å². The Labute approximate surface area is 96.4 Å². The van der Waals surface area contributed by atoms with Crippen LogP contribution in [0.1, 0.15) is 20.3 Å². The summed E-state index contributed by atoms with van der Waals surface area (Å²) in [4.78, 5) is 10.9. The minimum Gasteiger partial charge on any atom is -0.466 e. The molecule has 96 valence electrons. The molecule has 0 aromatic carbocycles. The van der Waals surface area contributed by atoms with Crippen LogP contribution in [0.3, 0.4) is 0 Å². The zero-order valence-corrected chi connectivity index (χ0v) is 10.7. The second kappa shape index (κ2) is 7.59. The van der Waals surface area contributed by atoms with E-state index in [1.165, 1.54) is 7.11 Å². The topological polar surface area (TPSA) is 81.7 Å². The highest BCUT2D eigenvalue weighted by atomic mass is 32.2. The molecular weight excluding hydrogens is 234 g/mol. The monoisotopic (exact) mass is 253 g/mol. The Kier molecular flexibility index (Phi) is 7.27. The minimum atomic E-state index is -3.43. The summed E-state index contributed by atoms with van der Waals surface area (Å²) in [5, 5.41) is 0. The largest absolute Gasteiger partial charge is 0.466 e. The molecular formula is C9H19NO5S. The predicted octanol–water partition coefficient (Wildman–Crippen LogP) is -0.106. The van der Waals surface area contributed by atoms with Crippen LogP contribution in [0.25, 0.3) is 0 Å². The van der Waals surface area contributed by atoms with Crippen molar-refractivity contribution in [1.29, 1.82) is 0 Å². The second-order valence-electron chi connectivity index (χ2n) is 3.27. The summed E-state index contributed by atoms with van der Waals surface area (Å²) in [5.41, 5.74) is 0. The van der Waals surface area contributed by atoms with Crippen molar-refractivity contribution in [1.82, 2.24) is 4.72 Å². The van der Waals surface area contributed by atoms with Crippen LogP contribution in [0.5, 0.6) is 0 Å². The van der Waals surface area contributed by atoms with Crippen LogP contribution >= 0.6 is 0 Å². The van der Waals surface area contributed by atoms with Gasteiger partial charge in [-0.05, 0) is 13.8 Å². The van der Waals surface area contributed by atoms with Crippen LogP contribution in [0.4, 0.5) is 0 Å². The zero-order chi connectivity index (χ0) is 12.6. The van der Waals surface area contributed by atoms with Crippen molar-refractivity contribution in [3.05, 3.63) is 0 Å². The number of nitrogens with one attached hydrogen (secondary N) is 1. The third kappa shape index (κ3) is 7.61.